The van der Waals surface area contributed by atoms with Gasteiger partial charge >= 0.3 is 0 Å². The van der Waals surface area contributed by atoms with E-state index in [0.717, 1.165) is 0 Å². The Balaban J connectivity index is 1.94. The van der Waals surface area contributed by atoms with Gasteiger partial charge < -0.3 is 29.5 Å². The molecule has 2 aromatic rings. The molecule has 0 radical (unpaired) electrons. The Kier molecular flexibility index (Phi) is 4.18. The summed E-state index contributed by atoms with van der Waals surface area (Å²) in [6, 6.07) is 7.30. The number of ether oxygens (including phenoxy) is 3. The minimum absolute atomic E-state index is 0.0421. The number of hydrogen-bond acceptors (Lipinski definition) is 7. The van der Waals surface area contributed by atoms with E-state index < -0.39 is 11.4 Å². The molecule has 0 amide bonds. The van der Waals surface area contributed by atoms with Crippen molar-refractivity contribution in [2.75, 3.05) is 20.8 Å². The van der Waals surface area contributed by atoms with Gasteiger partial charge in [-0.15, -0.1) is 0 Å². The highest BCUT2D eigenvalue weighted by atomic mass is 16.5. The van der Waals surface area contributed by atoms with Crippen molar-refractivity contribution in [1.82, 2.24) is 0 Å². The third-order valence-electron chi connectivity index (χ3n) is 4.15. The van der Waals surface area contributed by atoms with Gasteiger partial charge in [0.1, 0.15) is 29.4 Å². The summed E-state index contributed by atoms with van der Waals surface area (Å²) in [4.78, 5) is 12.8. The van der Waals surface area contributed by atoms with Crippen molar-refractivity contribution < 1.29 is 34.3 Å². The summed E-state index contributed by atoms with van der Waals surface area (Å²) >= 11 is 0. The van der Waals surface area contributed by atoms with Gasteiger partial charge in [0.05, 0.1) is 14.2 Å². The first-order chi connectivity index (χ1) is 11.9. The number of rotatable bonds is 4. The van der Waals surface area contributed by atoms with Gasteiger partial charge in [-0.25, -0.2) is 0 Å². The zero-order valence-electron chi connectivity index (χ0n) is 13.8. The van der Waals surface area contributed by atoms with Gasteiger partial charge in [0.2, 0.25) is 5.78 Å². The number of phenolic OH excluding ortho intramolecular Hbond substituents is 2. The standard InChI is InChI=1S/C18H18O7/c1-23-11-6-13(20)16-15(7-11)25-9-18(22,17(16)21)8-10-3-4-12(19)14(5-10)24-2/h3-7,19-20,22H,8-9H2,1-2H3/t18-/m1/s1. The van der Waals surface area contributed by atoms with Crippen LogP contribution in [-0.2, 0) is 6.42 Å². The Labute approximate surface area is 144 Å². The molecule has 3 rings (SSSR count). The third-order valence-corrected chi connectivity index (χ3v) is 4.15. The molecule has 0 aromatic heterocycles. The Hall–Kier alpha value is -2.93. The molecule has 0 aliphatic carbocycles. The first-order valence-corrected chi connectivity index (χ1v) is 7.55. The molecular weight excluding hydrogens is 328 g/mol. The number of hydrogen-bond donors (Lipinski definition) is 3. The van der Waals surface area contributed by atoms with Crippen molar-refractivity contribution in [3.05, 3.63) is 41.5 Å². The fourth-order valence-electron chi connectivity index (χ4n) is 2.83. The second kappa shape index (κ2) is 6.18. The highest BCUT2D eigenvalue weighted by Crippen LogP contribution is 2.40. The third kappa shape index (κ3) is 2.94. The highest BCUT2D eigenvalue weighted by molar-refractivity contribution is 6.08. The van der Waals surface area contributed by atoms with E-state index in [4.69, 9.17) is 14.2 Å². The van der Waals surface area contributed by atoms with E-state index in [1.807, 2.05) is 0 Å². The molecule has 1 aliphatic rings. The van der Waals surface area contributed by atoms with Gasteiger partial charge in [0, 0.05) is 18.6 Å². The van der Waals surface area contributed by atoms with Crippen LogP contribution in [0.5, 0.6) is 28.7 Å². The van der Waals surface area contributed by atoms with Crippen LogP contribution in [0.3, 0.4) is 0 Å². The van der Waals surface area contributed by atoms with Crippen LogP contribution in [0.2, 0.25) is 0 Å². The first kappa shape index (κ1) is 16.9. The first-order valence-electron chi connectivity index (χ1n) is 7.55. The Bertz CT molecular complexity index is 830. The van der Waals surface area contributed by atoms with Gasteiger partial charge in [-0.05, 0) is 17.7 Å². The van der Waals surface area contributed by atoms with Crippen LogP contribution >= 0.6 is 0 Å². The summed E-state index contributed by atoms with van der Waals surface area (Å²) < 4.78 is 15.6. The molecule has 0 saturated heterocycles. The Morgan fingerprint density at radius 2 is 1.88 bits per heavy atom. The highest BCUT2D eigenvalue weighted by Gasteiger charge is 2.44. The molecule has 7 nitrogen and oxygen atoms in total. The second-order valence-corrected chi connectivity index (χ2v) is 5.85. The molecular formula is C18H18O7. The Morgan fingerprint density at radius 1 is 1.12 bits per heavy atom. The number of methoxy groups -OCH3 is 2. The summed E-state index contributed by atoms with van der Waals surface area (Å²) in [6.45, 7) is -0.269. The number of carbonyl (C=O) groups excluding carboxylic acids is 1. The maximum atomic E-state index is 12.8. The summed E-state index contributed by atoms with van der Waals surface area (Å²) in [7, 11) is 2.84. The molecule has 0 saturated carbocycles. The maximum absolute atomic E-state index is 12.8. The summed E-state index contributed by atoms with van der Waals surface area (Å²) in [5.74, 6) is -0.257. The predicted octanol–water partition coefficient (Wildman–Crippen LogP) is 1.66. The summed E-state index contributed by atoms with van der Waals surface area (Å²) in [5.41, 5.74) is -1.35. The van der Waals surface area contributed by atoms with Crippen molar-refractivity contribution in [2.24, 2.45) is 0 Å². The Morgan fingerprint density at radius 3 is 2.56 bits per heavy atom. The predicted molar refractivity (Wildman–Crippen MR) is 87.8 cm³/mol. The lowest BCUT2D eigenvalue weighted by Gasteiger charge is -2.32. The van der Waals surface area contributed by atoms with E-state index in [2.05, 4.69) is 0 Å². The van der Waals surface area contributed by atoms with Gasteiger partial charge in [-0.1, -0.05) is 6.07 Å². The monoisotopic (exact) mass is 346 g/mol. The van der Waals surface area contributed by atoms with Crippen LogP contribution in [0.1, 0.15) is 15.9 Å². The van der Waals surface area contributed by atoms with E-state index in [0.29, 0.717) is 11.3 Å². The minimum atomic E-state index is -1.85. The topological polar surface area (TPSA) is 105 Å². The summed E-state index contributed by atoms with van der Waals surface area (Å²) in [6.07, 6.45) is -0.0621. The van der Waals surface area contributed by atoms with Crippen LogP contribution in [0.4, 0.5) is 0 Å². The summed E-state index contributed by atoms with van der Waals surface area (Å²) in [5, 5.41) is 30.6. The van der Waals surface area contributed by atoms with E-state index in [-0.39, 0.29) is 41.6 Å². The van der Waals surface area contributed by atoms with Crippen molar-refractivity contribution in [3.8, 4) is 28.7 Å². The number of ketones is 1. The number of aliphatic hydroxyl groups is 1. The largest absolute Gasteiger partial charge is 0.507 e. The van der Waals surface area contributed by atoms with E-state index >= 15 is 0 Å². The molecule has 0 spiro atoms. The van der Waals surface area contributed by atoms with Crippen LogP contribution in [0.25, 0.3) is 0 Å². The van der Waals surface area contributed by atoms with Gasteiger partial charge in [-0.2, -0.15) is 0 Å². The average molecular weight is 346 g/mol. The van der Waals surface area contributed by atoms with Crippen LogP contribution < -0.4 is 14.2 Å². The molecule has 25 heavy (non-hydrogen) atoms. The SMILES string of the molecule is COc1cc(O)c2c(c1)OC[C@](O)(Cc1ccc(O)c(OC)c1)C2=O. The fourth-order valence-corrected chi connectivity index (χ4v) is 2.83. The molecule has 3 N–H and O–H groups in total. The number of benzene rings is 2. The molecule has 0 unspecified atom stereocenters. The molecule has 2 aromatic carbocycles. The smallest absolute Gasteiger partial charge is 0.205 e. The molecule has 1 atom stereocenters. The molecule has 1 aliphatic heterocycles. The van der Waals surface area contributed by atoms with Crippen LogP contribution in [0.15, 0.2) is 30.3 Å². The van der Waals surface area contributed by atoms with E-state index in [1.165, 1.54) is 38.5 Å². The van der Waals surface area contributed by atoms with Gasteiger partial charge in [0.25, 0.3) is 0 Å². The lowest BCUT2D eigenvalue weighted by molar-refractivity contribution is -0.00242. The maximum Gasteiger partial charge on any atom is 0.205 e. The van der Waals surface area contributed by atoms with Gasteiger partial charge in [-0.3, -0.25) is 4.79 Å². The minimum Gasteiger partial charge on any atom is -0.507 e. The van der Waals surface area contributed by atoms with Crippen LogP contribution in [-0.4, -0.2) is 47.5 Å². The molecule has 0 fully saturated rings. The molecule has 132 valence electrons. The van der Waals surface area contributed by atoms with Crippen molar-refractivity contribution in [1.29, 1.82) is 0 Å². The second-order valence-electron chi connectivity index (χ2n) is 5.85. The lowest BCUT2D eigenvalue weighted by Crippen LogP contribution is -2.49. The number of carbonyl (C=O) groups is 1. The van der Waals surface area contributed by atoms with Crippen molar-refractivity contribution in [2.45, 2.75) is 12.0 Å². The quantitative estimate of drug-likeness (QED) is 0.773. The number of fused-ring (bicyclic) bond motifs is 1. The van der Waals surface area contributed by atoms with Crippen molar-refractivity contribution >= 4 is 5.78 Å². The fraction of sp³-hybridized carbons (Fsp3) is 0.278. The van der Waals surface area contributed by atoms with Crippen LogP contribution in [0, 0.1) is 0 Å². The normalized spacial score (nSPS) is 19.1. The van der Waals surface area contributed by atoms with Crippen molar-refractivity contribution in [3.63, 3.8) is 0 Å². The zero-order valence-corrected chi connectivity index (χ0v) is 13.8. The number of phenols is 2. The molecule has 0 bridgehead atoms. The molecule has 1 heterocycles. The lowest BCUT2D eigenvalue weighted by atomic mass is 9.85. The number of aromatic hydroxyl groups is 2. The molecule has 7 heteroatoms. The average Bonchev–Trinajstić information content (AvgIpc) is 2.59. The van der Waals surface area contributed by atoms with E-state index in [9.17, 15) is 20.1 Å². The zero-order chi connectivity index (χ0) is 18.2. The van der Waals surface area contributed by atoms with E-state index in [1.54, 1.807) is 6.07 Å². The number of Topliss-reactive ketones (excluding diaryl/α,β-unsaturated/α-hetero) is 1. The van der Waals surface area contributed by atoms with Gasteiger partial charge in [0.15, 0.2) is 17.1 Å².